The van der Waals surface area contributed by atoms with Crippen molar-refractivity contribution in [2.75, 3.05) is 13.2 Å². The summed E-state index contributed by atoms with van der Waals surface area (Å²) in [5.74, 6) is -0.370. The van der Waals surface area contributed by atoms with Crippen molar-refractivity contribution >= 4 is 12.0 Å². The van der Waals surface area contributed by atoms with Gasteiger partial charge in [-0.1, -0.05) is 26.2 Å². The summed E-state index contributed by atoms with van der Waals surface area (Å²) >= 11 is 0. The lowest BCUT2D eigenvalue weighted by Gasteiger charge is -2.11. The number of carbonyl (C=O) groups is 2. The van der Waals surface area contributed by atoms with Gasteiger partial charge in [-0.3, -0.25) is 4.79 Å². The third-order valence-corrected chi connectivity index (χ3v) is 2.54. The zero-order valence-corrected chi connectivity index (χ0v) is 11.1. The molecule has 6 heteroatoms. The van der Waals surface area contributed by atoms with Crippen molar-refractivity contribution in [3.05, 3.63) is 0 Å². The molecule has 0 aromatic carbocycles. The summed E-state index contributed by atoms with van der Waals surface area (Å²) in [5, 5.41) is 2.44. The number of carbonyl (C=O) groups excluding carboxylic acids is 2. The Bertz CT molecular complexity index is 247. The van der Waals surface area contributed by atoms with E-state index >= 15 is 0 Å². The minimum atomic E-state index is -0.620. The van der Waals surface area contributed by atoms with Gasteiger partial charge in [-0.05, 0) is 19.3 Å². The number of amides is 2. The summed E-state index contributed by atoms with van der Waals surface area (Å²) in [7, 11) is 0. The van der Waals surface area contributed by atoms with Crippen LogP contribution in [-0.2, 0) is 9.53 Å². The second kappa shape index (κ2) is 10.8. The summed E-state index contributed by atoms with van der Waals surface area (Å²) < 4.78 is 5.05. The predicted molar refractivity (Wildman–Crippen MR) is 69.9 cm³/mol. The maximum absolute atomic E-state index is 11.4. The molecule has 106 valence electrons. The number of ether oxygens (including phenoxy) is 1. The number of primary amides is 1. The Balaban J connectivity index is 3.48. The van der Waals surface area contributed by atoms with Gasteiger partial charge in [0, 0.05) is 6.54 Å². The quantitative estimate of drug-likeness (QED) is 0.400. The van der Waals surface area contributed by atoms with Gasteiger partial charge in [-0.25, -0.2) is 4.79 Å². The van der Waals surface area contributed by atoms with E-state index in [1.165, 1.54) is 0 Å². The Morgan fingerprint density at radius 3 is 2.56 bits per heavy atom. The fourth-order valence-electron chi connectivity index (χ4n) is 1.46. The van der Waals surface area contributed by atoms with E-state index in [9.17, 15) is 9.59 Å². The molecule has 0 aliphatic carbocycles. The zero-order chi connectivity index (χ0) is 13.8. The Hall–Kier alpha value is -1.30. The molecule has 0 saturated heterocycles. The molecule has 1 atom stereocenters. The van der Waals surface area contributed by atoms with E-state index in [0.29, 0.717) is 26.0 Å². The van der Waals surface area contributed by atoms with Crippen LogP contribution in [0.15, 0.2) is 0 Å². The number of nitrogens with one attached hydrogen (secondary N) is 1. The summed E-state index contributed by atoms with van der Waals surface area (Å²) in [6.45, 7) is 2.99. The van der Waals surface area contributed by atoms with E-state index in [1.807, 2.05) is 0 Å². The molecule has 0 heterocycles. The lowest BCUT2D eigenvalue weighted by molar-refractivity contribution is -0.145. The number of urea groups is 1. The molecule has 0 aromatic heterocycles. The number of nitrogens with two attached hydrogens (primary N) is 2. The van der Waals surface area contributed by atoms with Gasteiger partial charge in [0.15, 0.2) is 0 Å². The number of unbranched alkanes of at least 4 members (excludes halogenated alkanes) is 3. The molecule has 0 saturated carbocycles. The highest BCUT2D eigenvalue weighted by atomic mass is 16.5. The Kier molecular flexibility index (Phi) is 10.0. The average molecular weight is 259 g/mol. The van der Waals surface area contributed by atoms with Gasteiger partial charge in [0.2, 0.25) is 0 Å². The molecule has 0 fully saturated rings. The van der Waals surface area contributed by atoms with Gasteiger partial charge in [0.05, 0.1) is 6.61 Å². The molecule has 0 aliphatic rings. The number of rotatable bonds is 10. The van der Waals surface area contributed by atoms with Crippen molar-refractivity contribution in [1.82, 2.24) is 5.32 Å². The molecule has 18 heavy (non-hydrogen) atoms. The molecule has 0 bridgehead atoms. The molecule has 0 aliphatic heterocycles. The van der Waals surface area contributed by atoms with Gasteiger partial charge >= 0.3 is 12.0 Å². The van der Waals surface area contributed by atoms with Crippen molar-refractivity contribution in [3.63, 3.8) is 0 Å². The van der Waals surface area contributed by atoms with Gasteiger partial charge < -0.3 is 21.5 Å². The minimum Gasteiger partial charge on any atom is -0.465 e. The lowest BCUT2D eigenvalue weighted by atomic mass is 10.1. The van der Waals surface area contributed by atoms with Crippen LogP contribution in [0, 0.1) is 0 Å². The smallest absolute Gasteiger partial charge is 0.322 e. The van der Waals surface area contributed by atoms with Crippen LogP contribution in [0.5, 0.6) is 0 Å². The van der Waals surface area contributed by atoms with E-state index in [-0.39, 0.29) is 5.97 Å². The fourth-order valence-corrected chi connectivity index (χ4v) is 1.46. The normalized spacial score (nSPS) is 11.9. The Morgan fingerprint density at radius 2 is 1.94 bits per heavy atom. The highest BCUT2D eigenvalue weighted by Crippen LogP contribution is 2.01. The van der Waals surface area contributed by atoms with Crippen LogP contribution in [-0.4, -0.2) is 31.2 Å². The number of hydrogen-bond acceptors (Lipinski definition) is 4. The minimum absolute atomic E-state index is 0.370. The van der Waals surface area contributed by atoms with E-state index in [2.05, 4.69) is 12.2 Å². The van der Waals surface area contributed by atoms with E-state index in [4.69, 9.17) is 16.2 Å². The Labute approximate surface area is 108 Å². The maximum atomic E-state index is 11.4. The Morgan fingerprint density at radius 1 is 1.22 bits per heavy atom. The van der Waals surface area contributed by atoms with Crippen molar-refractivity contribution in [2.45, 2.75) is 51.5 Å². The van der Waals surface area contributed by atoms with Gasteiger partial charge in [0.25, 0.3) is 0 Å². The molecule has 5 N–H and O–H groups in total. The van der Waals surface area contributed by atoms with Crippen LogP contribution in [0.4, 0.5) is 4.79 Å². The molecular weight excluding hydrogens is 234 g/mol. The number of hydrogen-bond donors (Lipinski definition) is 3. The molecule has 0 radical (unpaired) electrons. The molecule has 0 rings (SSSR count). The first kappa shape index (κ1) is 16.7. The van der Waals surface area contributed by atoms with Crippen molar-refractivity contribution in [1.29, 1.82) is 0 Å². The largest absolute Gasteiger partial charge is 0.465 e. The average Bonchev–Trinajstić information content (AvgIpc) is 2.33. The van der Waals surface area contributed by atoms with Crippen molar-refractivity contribution < 1.29 is 14.3 Å². The first-order valence-electron chi connectivity index (χ1n) is 6.53. The van der Waals surface area contributed by atoms with E-state index in [0.717, 1.165) is 25.7 Å². The van der Waals surface area contributed by atoms with Crippen LogP contribution in [0.25, 0.3) is 0 Å². The topological polar surface area (TPSA) is 107 Å². The maximum Gasteiger partial charge on any atom is 0.322 e. The summed E-state index contributed by atoms with van der Waals surface area (Å²) in [6.07, 6.45) is 5.35. The number of esters is 1. The molecule has 0 aromatic rings. The first-order chi connectivity index (χ1) is 8.57. The monoisotopic (exact) mass is 259 g/mol. The first-order valence-corrected chi connectivity index (χ1v) is 6.53. The van der Waals surface area contributed by atoms with Crippen molar-refractivity contribution in [2.24, 2.45) is 11.5 Å². The van der Waals surface area contributed by atoms with Crippen LogP contribution in [0.2, 0.25) is 0 Å². The third-order valence-electron chi connectivity index (χ3n) is 2.54. The molecule has 2 amide bonds. The lowest BCUT2D eigenvalue weighted by Crippen LogP contribution is -2.35. The second-order valence-electron chi connectivity index (χ2n) is 4.27. The predicted octanol–water partition coefficient (Wildman–Crippen LogP) is 0.886. The standard InChI is InChI=1S/C12H25N3O3/c1-2-3-4-5-9-18-11(16)10(13)7-6-8-15-12(14)17/h10H,2-9,13H2,1H3,(H3,14,15,17)/t10-/m0/s1. The summed E-state index contributed by atoms with van der Waals surface area (Å²) in [5.41, 5.74) is 10.6. The summed E-state index contributed by atoms with van der Waals surface area (Å²) in [6, 6.07) is -1.19. The highest BCUT2D eigenvalue weighted by molar-refractivity contribution is 5.75. The van der Waals surface area contributed by atoms with Crippen LogP contribution >= 0.6 is 0 Å². The van der Waals surface area contributed by atoms with Crippen molar-refractivity contribution in [3.8, 4) is 0 Å². The highest BCUT2D eigenvalue weighted by Gasteiger charge is 2.14. The zero-order valence-electron chi connectivity index (χ0n) is 11.1. The summed E-state index contributed by atoms with van der Waals surface area (Å²) in [4.78, 5) is 21.8. The van der Waals surface area contributed by atoms with Gasteiger partial charge in [0.1, 0.15) is 6.04 Å². The van der Waals surface area contributed by atoms with Gasteiger partial charge in [-0.15, -0.1) is 0 Å². The van der Waals surface area contributed by atoms with E-state index in [1.54, 1.807) is 0 Å². The van der Waals surface area contributed by atoms with Crippen LogP contribution in [0.3, 0.4) is 0 Å². The van der Waals surface area contributed by atoms with Crippen LogP contribution < -0.4 is 16.8 Å². The van der Waals surface area contributed by atoms with E-state index < -0.39 is 12.1 Å². The second-order valence-corrected chi connectivity index (χ2v) is 4.27. The molecule has 0 unspecified atom stereocenters. The van der Waals surface area contributed by atoms with Gasteiger partial charge in [-0.2, -0.15) is 0 Å². The SMILES string of the molecule is CCCCCCOC(=O)[C@@H](N)CCCNC(N)=O. The molecule has 0 spiro atoms. The molecule has 6 nitrogen and oxygen atoms in total. The third kappa shape index (κ3) is 9.89. The van der Waals surface area contributed by atoms with Crippen LogP contribution in [0.1, 0.15) is 45.4 Å². The fraction of sp³-hybridized carbons (Fsp3) is 0.833. The molecular formula is C12H25N3O3.